The topological polar surface area (TPSA) is 98.3 Å². The van der Waals surface area contributed by atoms with Crippen LogP contribution in [-0.2, 0) is 6.42 Å². The quantitative estimate of drug-likeness (QED) is 0.616. The molecule has 0 atom stereocenters. The van der Waals surface area contributed by atoms with E-state index < -0.39 is 28.6 Å². The van der Waals surface area contributed by atoms with Gasteiger partial charge in [0.1, 0.15) is 0 Å². The Bertz CT molecular complexity index is 539. The summed E-state index contributed by atoms with van der Waals surface area (Å²) in [5, 5.41) is 19.2. The number of nitriles is 1. The van der Waals surface area contributed by atoms with Gasteiger partial charge in [-0.1, -0.05) is 0 Å². The van der Waals surface area contributed by atoms with Gasteiger partial charge in [0.2, 0.25) is 5.75 Å². The number of methoxy groups -OCH3 is 1. The third-order valence-electron chi connectivity index (χ3n) is 1.85. The highest BCUT2D eigenvalue weighted by molar-refractivity contribution is 5.55. The van der Waals surface area contributed by atoms with Crippen molar-refractivity contribution in [3.05, 3.63) is 21.9 Å². The first kappa shape index (κ1) is 14.5. The second kappa shape index (κ2) is 5.38. The van der Waals surface area contributed by atoms with Crippen LogP contribution in [0.4, 0.5) is 18.9 Å². The molecule has 1 rings (SSSR count). The average molecular weight is 277 g/mol. The van der Waals surface area contributed by atoms with Gasteiger partial charge in [0, 0.05) is 6.07 Å². The molecule has 19 heavy (non-hydrogen) atoms. The number of rotatable bonds is 4. The minimum atomic E-state index is -5.14. The lowest BCUT2D eigenvalue weighted by Gasteiger charge is -2.11. The number of hydrogen-bond donors (Lipinski definition) is 0. The Morgan fingerprint density at radius 3 is 2.63 bits per heavy atom. The lowest BCUT2D eigenvalue weighted by Crippen LogP contribution is -2.19. The van der Waals surface area contributed by atoms with Crippen molar-refractivity contribution in [2.24, 2.45) is 0 Å². The Labute approximate surface area is 104 Å². The second-order valence-corrected chi connectivity index (χ2v) is 3.11. The summed E-state index contributed by atoms with van der Waals surface area (Å²) >= 11 is 0. The zero-order valence-electron chi connectivity index (χ0n) is 9.39. The smallest absolute Gasteiger partial charge is 0.490 e. The first-order valence-corrected chi connectivity index (χ1v) is 4.63. The standard InChI is InChI=1S/C9H6F3N3O4/c1-18-6-4-5(2-3-13)14-8(7(6)15(16)17)19-9(10,11)12/h4H,2H2,1H3. The maximum Gasteiger partial charge on any atom is 0.574 e. The van der Waals surface area contributed by atoms with E-state index in [4.69, 9.17) is 5.26 Å². The number of aromatic nitrogens is 1. The van der Waals surface area contributed by atoms with Gasteiger partial charge in [-0.2, -0.15) is 5.26 Å². The van der Waals surface area contributed by atoms with Crippen LogP contribution in [0.25, 0.3) is 0 Å². The van der Waals surface area contributed by atoms with Crippen molar-refractivity contribution in [3.63, 3.8) is 0 Å². The van der Waals surface area contributed by atoms with E-state index in [0.717, 1.165) is 13.2 Å². The van der Waals surface area contributed by atoms with Crippen molar-refractivity contribution in [2.45, 2.75) is 12.8 Å². The molecule has 0 unspecified atom stereocenters. The van der Waals surface area contributed by atoms with Gasteiger partial charge in [0.05, 0.1) is 30.2 Å². The van der Waals surface area contributed by atoms with Crippen molar-refractivity contribution in [2.75, 3.05) is 7.11 Å². The Morgan fingerprint density at radius 1 is 1.58 bits per heavy atom. The molecule has 0 bridgehead atoms. The van der Waals surface area contributed by atoms with Crippen LogP contribution in [-0.4, -0.2) is 23.4 Å². The molecule has 0 N–H and O–H groups in total. The van der Waals surface area contributed by atoms with Crippen LogP contribution >= 0.6 is 0 Å². The molecule has 0 aliphatic carbocycles. The summed E-state index contributed by atoms with van der Waals surface area (Å²) in [5.74, 6) is -1.73. The number of halogens is 3. The molecule has 7 nitrogen and oxygen atoms in total. The van der Waals surface area contributed by atoms with Gasteiger partial charge < -0.3 is 9.47 Å². The highest BCUT2D eigenvalue weighted by atomic mass is 19.4. The summed E-state index contributed by atoms with van der Waals surface area (Å²) < 4.78 is 44.5. The number of nitrogens with zero attached hydrogens (tertiary/aromatic N) is 3. The van der Waals surface area contributed by atoms with Crippen LogP contribution in [0.15, 0.2) is 6.07 Å². The normalized spacial score (nSPS) is 10.7. The molecule has 0 amide bonds. The van der Waals surface area contributed by atoms with Gasteiger partial charge in [-0.25, -0.2) is 4.98 Å². The zero-order valence-corrected chi connectivity index (χ0v) is 9.39. The molecular weight excluding hydrogens is 271 g/mol. The predicted octanol–water partition coefficient (Wildman–Crippen LogP) is 1.96. The van der Waals surface area contributed by atoms with E-state index in [1.54, 1.807) is 6.07 Å². The molecule has 0 radical (unpaired) electrons. The number of alkyl halides is 3. The van der Waals surface area contributed by atoms with Gasteiger partial charge in [0.15, 0.2) is 0 Å². The molecular formula is C9H6F3N3O4. The minimum Gasteiger partial charge on any atom is -0.490 e. The fourth-order valence-electron chi connectivity index (χ4n) is 1.22. The molecule has 0 aliphatic heterocycles. The number of nitro groups is 1. The van der Waals surface area contributed by atoms with Crippen molar-refractivity contribution < 1.29 is 27.6 Å². The summed E-state index contributed by atoms with van der Waals surface area (Å²) in [6.07, 6.45) is -5.49. The van der Waals surface area contributed by atoms with Gasteiger partial charge >= 0.3 is 17.9 Å². The molecule has 1 aromatic heterocycles. The summed E-state index contributed by atoms with van der Waals surface area (Å²) in [7, 11) is 1.04. The first-order valence-electron chi connectivity index (χ1n) is 4.63. The Hall–Kier alpha value is -2.57. The Kier molecular flexibility index (Phi) is 4.11. The lowest BCUT2D eigenvalue weighted by atomic mass is 10.2. The van der Waals surface area contributed by atoms with E-state index >= 15 is 0 Å². The minimum absolute atomic E-state index is 0.135. The molecule has 1 heterocycles. The number of pyridine rings is 1. The largest absolute Gasteiger partial charge is 0.574 e. The predicted molar refractivity (Wildman–Crippen MR) is 53.4 cm³/mol. The van der Waals surface area contributed by atoms with Crippen LogP contribution in [0.5, 0.6) is 11.6 Å². The maximum absolute atomic E-state index is 12.1. The van der Waals surface area contributed by atoms with Crippen molar-refractivity contribution >= 4 is 5.69 Å². The van der Waals surface area contributed by atoms with Crippen LogP contribution < -0.4 is 9.47 Å². The monoisotopic (exact) mass is 277 g/mol. The Morgan fingerprint density at radius 2 is 2.21 bits per heavy atom. The summed E-state index contributed by atoms with van der Waals surface area (Å²) in [6.45, 7) is 0. The highest BCUT2D eigenvalue weighted by Gasteiger charge is 2.37. The SMILES string of the molecule is COc1cc(CC#N)nc(OC(F)(F)F)c1[N+](=O)[O-]. The molecule has 0 saturated heterocycles. The van der Waals surface area contributed by atoms with Gasteiger partial charge in [0.25, 0.3) is 0 Å². The van der Waals surface area contributed by atoms with E-state index in [0.29, 0.717) is 0 Å². The van der Waals surface area contributed by atoms with E-state index in [9.17, 15) is 23.3 Å². The van der Waals surface area contributed by atoms with Crippen LogP contribution in [0.1, 0.15) is 5.69 Å². The van der Waals surface area contributed by atoms with Gasteiger partial charge in [-0.05, 0) is 0 Å². The van der Waals surface area contributed by atoms with Gasteiger partial charge in [-0.3, -0.25) is 10.1 Å². The molecule has 1 aromatic rings. The fourth-order valence-corrected chi connectivity index (χ4v) is 1.22. The van der Waals surface area contributed by atoms with Crippen molar-refractivity contribution in [3.8, 4) is 17.7 Å². The molecule has 102 valence electrons. The average Bonchev–Trinajstić information content (AvgIpc) is 2.25. The molecule has 10 heteroatoms. The molecule has 0 spiro atoms. The van der Waals surface area contributed by atoms with Crippen LogP contribution in [0.2, 0.25) is 0 Å². The third-order valence-corrected chi connectivity index (χ3v) is 1.85. The van der Waals surface area contributed by atoms with Crippen LogP contribution in [0, 0.1) is 21.4 Å². The summed E-state index contributed by atoms with van der Waals surface area (Å²) in [6, 6.07) is 2.65. The van der Waals surface area contributed by atoms with Crippen LogP contribution in [0.3, 0.4) is 0 Å². The maximum atomic E-state index is 12.1. The number of ether oxygens (including phenoxy) is 2. The molecule has 0 aromatic carbocycles. The molecule has 0 aliphatic rings. The van der Waals surface area contributed by atoms with E-state index in [1.807, 2.05) is 0 Å². The zero-order chi connectivity index (χ0) is 14.6. The summed E-state index contributed by atoms with van der Waals surface area (Å²) in [5.41, 5.74) is -1.19. The molecule has 0 fully saturated rings. The lowest BCUT2D eigenvalue weighted by molar-refractivity contribution is -0.390. The first-order chi connectivity index (χ1) is 8.78. The number of hydrogen-bond acceptors (Lipinski definition) is 6. The van der Waals surface area contributed by atoms with Crippen molar-refractivity contribution in [1.82, 2.24) is 4.98 Å². The highest BCUT2D eigenvalue weighted by Crippen LogP contribution is 2.38. The molecule has 0 saturated carbocycles. The van der Waals surface area contributed by atoms with Gasteiger partial charge in [-0.15, -0.1) is 13.2 Å². The van der Waals surface area contributed by atoms with E-state index in [-0.39, 0.29) is 12.1 Å². The Balaban J connectivity index is 3.42. The van der Waals surface area contributed by atoms with E-state index in [1.165, 1.54) is 0 Å². The second-order valence-electron chi connectivity index (χ2n) is 3.11. The fraction of sp³-hybridized carbons (Fsp3) is 0.333. The van der Waals surface area contributed by atoms with E-state index in [2.05, 4.69) is 14.5 Å². The third kappa shape index (κ3) is 3.70. The summed E-state index contributed by atoms with van der Waals surface area (Å²) in [4.78, 5) is 12.9. The van der Waals surface area contributed by atoms with Crippen molar-refractivity contribution in [1.29, 1.82) is 5.26 Å².